The molecule has 28 heavy (non-hydrogen) atoms. The van der Waals surface area contributed by atoms with Crippen LogP contribution in [0.3, 0.4) is 0 Å². The highest BCUT2D eigenvalue weighted by Gasteiger charge is 2.32. The Kier molecular flexibility index (Phi) is 6.12. The fourth-order valence-electron chi connectivity index (χ4n) is 3.38. The summed E-state index contributed by atoms with van der Waals surface area (Å²) in [6.07, 6.45) is 1.41. The van der Waals surface area contributed by atoms with E-state index in [1.807, 2.05) is 32.0 Å². The van der Waals surface area contributed by atoms with Crippen LogP contribution in [0.5, 0.6) is 5.75 Å². The SMILES string of the molecule is CCCNS(=O)(=O)c1cc(C(=O)N2c3ccc(Br)cc3C[C@H]2C)ccc1OC. The van der Waals surface area contributed by atoms with Crippen molar-refractivity contribution in [3.8, 4) is 5.75 Å². The van der Waals surface area contributed by atoms with Crippen LogP contribution >= 0.6 is 15.9 Å². The van der Waals surface area contributed by atoms with Crippen molar-refractivity contribution in [2.24, 2.45) is 0 Å². The first kappa shape index (κ1) is 20.8. The van der Waals surface area contributed by atoms with Crippen LogP contribution in [-0.2, 0) is 16.4 Å². The van der Waals surface area contributed by atoms with Crippen LogP contribution in [0, 0.1) is 0 Å². The molecule has 1 amide bonds. The van der Waals surface area contributed by atoms with Gasteiger partial charge in [0.05, 0.1) is 7.11 Å². The molecule has 3 rings (SSSR count). The van der Waals surface area contributed by atoms with Gasteiger partial charge in [0.1, 0.15) is 10.6 Å². The highest BCUT2D eigenvalue weighted by atomic mass is 79.9. The smallest absolute Gasteiger partial charge is 0.258 e. The summed E-state index contributed by atoms with van der Waals surface area (Å²) >= 11 is 3.46. The molecule has 1 N–H and O–H groups in total. The first-order valence-corrected chi connectivity index (χ1v) is 11.4. The van der Waals surface area contributed by atoms with Gasteiger partial charge in [0, 0.05) is 28.3 Å². The van der Waals surface area contributed by atoms with E-state index in [-0.39, 0.29) is 22.6 Å². The molecule has 0 unspecified atom stereocenters. The van der Waals surface area contributed by atoms with E-state index in [1.165, 1.54) is 19.2 Å². The molecule has 8 heteroatoms. The maximum atomic E-state index is 13.3. The Bertz CT molecular complexity index is 1010. The van der Waals surface area contributed by atoms with Crippen molar-refractivity contribution in [3.63, 3.8) is 0 Å². The number of rotatable bonds is 6. The molecule has 0 aliphatic carbocycles. The number of sulfonamides is 1. The first-order chi connectivity index (χ1) is 13.3. The van der Waals surface area contributed by atoms with Crippen LogP contribution in [0.25, 0.3) is 0 Å². The van der Waals surface area contributed by atoms with Gasteiger partial charge in [-0.2, -0.15) is 0 Å². The van der Waals surface area contributed by atoms with Crippen molar-refractivity contribution in [2.75, 3.05) is 18.6 Å². The molecule has 0 spiro atoms. The summed E-state index contributed by atoms with van der Waals surface area (Å²) in [6.45, 7) is 4.18. The molecule has 0 radical (unpaired) electrons. The van der Waals surface area contributed by atoms with Gasteiger partial charge in [-0.1, -0.05) is 22.9 Å². The van der Waals surface area contributed by atoms with Crippen molar-refractivity contribution < 1.29 is 17.9 Å². The molecule has 2 aromatic rings. The van der Waals surface area contributed by atoms with Gasteiger partial charge < -0.3 is 9.64 Å². The molecule has 0 saturated heterocycles. The van der Waals surface area contributed by atoms with Crippen molar-refractivity contribution in [3.05, 3.63) is 52.0 Å². The number of ether oxygens (including phenoxy) is 1. The predicted molar refractivity (Wildman–Crippen MR) is 113 cm³/mol. The number of hydrogen-bond donors (Lipinski definition) is 1. The van der Waals surface area contributed by atoms with Crippen molar-refractivity contribution >= 4 is 37.5 Å². The lowest BCUT2D eigenvalue weighted by atomic mass is 10.1. The summed E-state index contributed by atoms with van der Waals surface area (Å²) in [7, 11) is -2.37. The lowest BCUT2D eigenvalue weighted by Gasteiger charge is -2.23. The van der Waals surface area contributed by atoms with Gasteiger partial charge in [0.2, 0.25) is 10.0 Å². The van der Waals surface area contributed by atoms with Crippen LogP contribution in [0.1, 0.15) is 36.2 Å². The number of hydrogen-bond acceptors (Lipinski definition) is 4. The molecule has 1 aliphatic heterocycles. The summed E-state index contributed by atoms with van der Waals surface area (Å²) in [6, 6.07) is 10.3. The minimum absolute atomic E-state index is 0.0165. The maximum absolute atomic E-state index is 13.3. The van der Waals surface area contributed by atoms with Gasteiger partial charge in [-0.25, -0.2) is 13.1 Å². The highest BCUT2D eigenvalue weighted by molar-refractivity contribution is 9.10. The Hall–Kier alpha value is -1.90. The summed E-state index contributed by atoms with van der Waals surface area (Å²) in [5.74, 6) is -0.0258. The average Bonchev–Trinajstić information content (AvgIpc) is 3.00. The molecule has 0 bridgehead atoms. The fraction of sp³-hybridized carbons (Fsp3) is 0.350. The predicted octanol–water partition coefficient (Wildman–Crippen LogP) is 3.74. The Labute approximate surface area is 174 Å². The first-order valence-electron chi connectivity index (χ1n) is 9.08. The lowest BCUT2D eigenvalue weighted by Crippen LogP contribution is -2.36. The minimum Gasteiger partial charge on any atom is -0.495 e. The van der Waals surface area contributed by atoms with Gasteiger partial charge in [-0.3, -0.25) is 4.79 Å². The average molecular weight is 467 g/mol. The van der Waals surface area contributed by atoms with Gasteiger partial charge in [0.15, 0.2) is 0 Å². The van der Waals surface area contributed by atoms with Crippen molar-refractivity contribution in [2.45, 2.75) is 37.6 Å². The summed E-state index contributed by atoms with van der Waals surface area (Å²) in [5.41, 5.74) is 2.24. The molecule has 6 nitrogen and oxygen atoms in total. The molecule has 1 atom stereocenters. The zero-order valence-electron chi connectivity index (χ0n) is 16.0. The summed E-state index contributed by atoms with van der Waals surface area (Å²) in [5, 5.41) is 0. The van der Waals surface area contributed by atoms with E-state index in [0.29, 0.717) is 18.5 Å². The molecule has 0 saturated carbocycles. The van der Waals surface area contributed by atoms with E-state index < -0.39 is 10.0 Å². The second-order valence-corrected chi connectivity index (χ2v) is 9.42. The zero-order valence-corrected chi connectivity index (χ0v) is 18.4. The van der Waals surface area contributed by atoms with E-state index in [0.717, 1.165) is 22.1 Å². The Morgan fingerprint density at radius 3 is 2.71 bits per heavy atom. The molecule has 150 valence electrons. The number of carbonyl (C=O) groups is 1. The molecular formula is C20H23BrN2O4S. The van der Waals surface area contributed by atoms with E-state index in [2.05, 4.69) is 20.7 Å². The van der Waals surface area contributed by atoms with Crippen LogP contribution in [-0.4, -0.2) is 34.0 Å². The second kappa shape index (κ2) is 8.23. The summed E-state index contributed by atoms with van der Waals surface area (Å²) in [4.78, 5) is 14.9. The third-order valence-electron chi connectivity index (χ3n) is 4.72. The fourth-order valence-corrected chi connectivity index (χ4v) is 5.12. The molecule has 1 aliphatic rings. The van der Waals surface area contributed by atoms with Crippen LogP contribution in [0.2, 0.25) is 0 Å². The molecule has 0 fully saturated rings. The number of carbonyl (C=O) groups excluding carboxylic acids is 1. The van der Waals surface area contributed by atoms with Crippen molar-refractivity contribution in [1.82, 2.24) is 4.72 Å². The number of fused-ring (bicyclic) bond motifs is 1. The number of benzene rings is 2. The number of anilines is 1. The largest absolute Gasteiger partial charge is 0.495 e. The molecule has 0 aromatic heterocycles. The normalized spacial score (nSPS) is 16.1. The highest BCUT2D eigenvalue weighted by Crippen LogP contribution is 2.36. The third kappa shape index (κ3) is 3.94. The molecule has 1 heterocycles. The monoisotopic (exact) mass is 466 g/mol. The van der Waals surface area contributed by atoms with Gasteiger partial charge in [0.25, 0.3) is 5.91 Å². The van der Waals surface area contributed by atoms with Gasteiger partial charge >= 0.3 is 0 Å². The van der Waals surface area contributed by atoms with Gasteiger partial charge in [-0.15, -0.1) is 0 Å². The van der Waals surface area contributed by atoms with E-state index in [4.69, 9.17) is 4.74 Å². The van der Waals surface area contributed by atoms with Crippen LogP contribution in [0.4, 0.5) is 5.69 Å². The van der Waals surface area contributed by atoms with Gasteiger partial charge in [-0.05, 0) is 61.7 Å². The lowest BCUT2D eigenvalue weighted by molar-refractivity contribution is 0.0981. The van der Waals surface area contributed by atoms with E-state index >= 15 is 0 Å². The Morgan fingerprint density at radius 1 is 1.29 bits per heavy atom. The third-order valence-corrected chi connectivity index (χ3v) is 6.69. The maximum Gasteiger partial charge on any atom is 0.258 e. The van der Waals surface area contributed by atoms with E-state index in [1.54, 1.807) is 11.0 Å². The number of halogens is 1. The second-order valence-electron chi connectivity index (χ2n) is 6.76. The minimum atomic E-state index is -3.78. The number of amides is 1. The zero-order chi connectivity index (χ0) is 20.5. The number of nitrogens with zero attached hydrogens (tertiary/aromatic N) is 1. The molecule has 2 aromatic carbocycles. The van der Waals surface area contributed by atoms with E-state index in [9.17, 15) is 13.2 Å². The number of methoxy groups -OCH3 is 1. The number of nitrogens with one attached hydrogen (secondary N) is 1. The van der Waals surface area contributed by atoms with Crippen molar-refractivity contribution in [1.29, 1.82) is 0 Å². The standard InChI is InChI=1S/C20H23BrN2O4S/c1-4-9-22-28(25,26)19-12-14(5-8-18(19)27-3)20(24)23-13(2)10-15-11-16(21)6-7-17(15)23/h5-8,11-13,22H,4,9-10H2,1-3H3/t13-/m1/s1. The van der Waals surface area contributed by atoms with Crippen LogP contribution in [0.15, 0.2) is 45.8 Å². The Balaban J connectivity index is 2.01. The van der Waals surface area contributed by atoms with Crippen LogP contribution < -0.4 is 14.4 Å². The topological polar surface area (TPSA) is 75.7 Å². The summed E-state index contributed by atoms with van der Waals surface area (Å²) < 4.78 is 34.0. The quantitative estimate of drug-likeness (QED) is 0.703. The molecular weight excluding hydrogens is 444 g/mol. The Morgan fingerprint density at radius 2 is 2.04 bits per heavy atom.